The molecule has 0 bridgehead atoms. The van der Waals surface area contributed by atoms with Crippen LogP contribution in [-0.4, -0.2) is 68.1 Å². The maximum absolute atomic E-state index is 12.6. The highest BCUT2D eigenvalue weighted by Gasteiger charge is 2.39. The molecule has 2 N–H and O–H groups in total. The van der Waals surface area contributed by atoms with Crippen molar-refractivity contribution in [3.8, 4) is 11.5 Å². The molecule has 1 heterocycles. The van der Waals surface area contributed by atoms with Gasteiger partial charge in [-0.25, -0.2) is 9.59 Å². The summed E-state index contributed by atoms with van der Waals surface area (Å²) in [5.74, 6) is -1.32. The lowest BCUT2D eigenvalue weighted by Gasteiger charge is -2.29. The zero-order chi connectivity index (χ0) is 22.3. The second kappa shape index (κ2) is 11.0. The van der Waals surface area contributed by atoms with Gasteiger partial charge in [-0.3, -0.25) is 4.79 Å². The van der Waals surface area contributed by atoms with Gasteiger partial charge in [-0.15, -0.1) is 0 Å². The third-order valence-electron chi connectivity index (χ3n) is 3.97. The molecule has 30 heavy (non-hydrogen) atoms. The summed E-state index contributed by atoms with van der Waals surface area (Å²) in [6.07, 6.45) is 0.668. The smallest absolute Gasteiger partial charge is 0.534 e. The van der Waals surface area contributed by atoms with Crippen molar-refractivity contribution in [1.29, 1.82) is 0 Å². The Bertz CT molecular complexity index is 789. The zero-order valence-corrected chi connectivity index (χ0v) is 17.9. The van der Waals surface area contributed by atoms with Crippen molar-refractivity contribution >= 4 is 36.9 Å². The molecule has 1 aromatic carbocycles. The van der Waals surface area contributed by atoms with Crippen LogP contribution in [0.3, 0.4) is 0 Å². The molecule has 2 rings (SSSR count). The number of ether oxygens (including phenoxy) is 4. The minimum absolute atomic E-state index is 0.0660. The van der Waals surface area contributed by atoms with Crippen molar-refractivity contribution in [1.82, 2.24) is 5.32 Å². The second-order valence-electron chi connectivity index (χ2n) is 6.56. The van der Waals surface area contributed by atoms with Gasteiger partial charge < -0.3 is 33.9 Å². The number of methoxy groups -OCH3 is 1. The molecule has 164 valence electrons. The molecule has 0 fully saturated rings. The van der Waals surface area contributed by atoms with E-state index in [2.05, 4.69) is 10.1 Å². The molecule has 10 nitrogen and oxygen atoms in total. The maximum Gasteiger partial charge on any atom is 0.547 e. The Morgan fingerprint density at radius 2 is 2.07 bits per heavy atom. The first-order chi connectivity index (χ1) is 14.3. The summed E-state index contributed by atoms with van der Waals surface area (Å²) in [5, 5.41) is 13.0. The van der Waals surface area contributed by atoms with Gasteiger partial charge in [-0.1, -0.05) is 6.07 Å². The topological polar surface area (TPSA) is 130 Å². The lowest BCUT2D eigenvalue weighted by molar-refractivity contribution is -0.119. The predicted octanol–water partition coefficient (Wildman–Crippen LogP) is 1.17. The van der Waals surface area contributed by atoms with Crippen LogP contribution >= 0.6 is 11.8 Å². The normalized spacial score (nSPS) is 15.0. The van der Waals surface area contributed by atoms with Gasteiger partial charge in [0, 0.05) is 0 Å². The van der Waals surface area contributed by atoms with Gasteiger partial charge in [0.05, 0.1) is 24.9 Å². The van der Waals surface area contributed by atoms with E-state index in [9.17, 15) is 19.4 Å². The molecule has 1 aliphatic rings. The van der Waals surface area contributed by atoms with Crippen molar-refractivity contribution in [2.24, 2.45) is 0 Å². The third kappa shape index (κ3) is 6.20. The summed E-state index contributed by atoms with van der Waals surface area (Å²) in [7, 11) is -0.0149. The Balaban J connectivity index is 2.14. The molecular weight excluding hydrogens is 417 g/mol. The third-order valence-corrected chi connectivity index (χ3v) is 4.52. The fourth-order valence-electron chi connectivity index (χ4n) is 2.74. The average molecular weight is 441 g/mol. The van der Waals surface area contributed by atoms with E-state index in [4.69, 9.17) is 18.9 Å². The average Bonchev–Trinajstić information content (AvgIpc) is 2.67. The summed E-state index contributed by atoms with van der Waals surface area (Å²) < 4.78 is 25.2. The molecule has 0 saturated carbocycles. The molecule has 1 atom stereocenters. The Morgan fingerprint density at radius 1 is 1.33 bits per heavy atom. The number of hydrogen-bond acceptors (Lipinski definition) is 10. The Morgan fingerprint density at radius 3 is 2.70 bits per heavy atom. The van der Waals surface area contributed by atoms with E-state index in [0.717, 1.165) is 0 Å². The van der Waals surface area contributed by atoms with Gasteiger partial charge in [-0.2, -0.15) is 11.8 Å². The Hall–Kier alpha value is -2.60. The largest absolute Gasteiger partial charge is 0.547 e. The van der Waals surface area contributed by atoms with E-state index in [1.165, 1.54) is 18.9 Å². The predicted molar refractivity (Wildman–Crippen MR) is 109 cm³/mol. The van der Waals surface area contributed by atoms with Crippen molar-refractivity contribution in [2.75, 3.05) is 25.9 Å². The summed E-state index contributed by atoms with van der Waals surface area (Å²) >= 11 is 1.35. The molecule has 0 aromatic heterocycles. The van der Waals surface area contributed by atoms with Gasteiger partial charge in [0.2, 0.25) is 12.7 Å². The lowest BCUT2D eigenvalue weighted by Crippen LogP contribution is -2.53. The first kappa shape index (κ1) is 23.7. The molecule has 1 aliphatic heterocycles. The Labute approximate surface area is 178 Å². The van der Waals surface area contributed by atoms with Gasteiger partial charge >= 0.3 is 19.2 Å². The van der Waals surface area contributed by atoms with Crippen LogP contribution in [0.15, 0.2) is 12.1 Å². The molecule has 0 spiro atoms. The maximum atomic E-state index is 12.6. The first-order valence-electron chi connectivity index (χ1n) is 9.10. The van der Waals surface area contributed by atoms with Crippen molar-refractivity contribution in [2.45, 2.75) is 32.3 Å². The Kier molecular flexibility index (Phi) is 8.66. The van der Waals surface area contributed by atoms with Crippen LogP contribution in [-0.2, 0) is 25.4 Å². The van der Waals surface area contributed by atoms with E-state index < -0.39 is 32.0 Å². The molecular formula is C18H24BNO9S. The van der Waals surface area contributed by atoms with Crippen LogP contribution in [0.2, 0.25) is 0 Å². The van der Waals surface area contributed by atoms with E-state index in [0.29, 0.717) is 5.56 Å². The second-order valence-corrected chi connectivity index (χ2v) is 7.43. The number of thioether (sulfide) groups is 1. The summed E-state index contributed by atoms with van der Waals surface area (Å²) in [6.45, 7) is 2.62. The number of amides is 1. The molecule has 1 unspecified atom stereocenters. The number of rotatable bonds is 8. The first-order valence-corrected chi connectivity index (χ1v) is 10.5. The number of carbonyl (C=O) groups is 3. The van der Waals surface area contributed by atoms with Crippen LogP contribution in [0.25, 0.3) is 0 Å². The molecule has 0 aliphatic carbocycles. The van der Waals surface area contributed by atoms with E-state index >= 15 is 0 Å². The highest BCUT2D eigenvalue weighted by atomic mass is 32.2. The quantitative estimate of drug-likeness (QED) is 0.345. The number of benzene rings is 1. The van der Waals surface area contributed by atoms with Crippen LogP contribution in [0.1, 0.15) is 29.8 Å². The van der Waals surface area contributed by atoms with E-state index in [-0.39, 0.29) is 41.2 Å². The number of nitrogens with one attached hydrogen (secondary N) is 1. The lowest BCUT2D eigenvalue weighted by atomic mass is 9.72. The van der Waals surface area contributed by atoms with Crippen LogP contribution in [0.4, 0.5) is 4.79 Å². The van der Waals surface area contributed by atoms with Crippen molar-refractivity contribution in [3.63, 3.8) is 0 Å². The number of fused-ring (bicyclic) bond motifs is 1. The van der Waals surface area contributed by atoms with Gasteiger partial charge in [0.1, 0.15) is 17.1 Å². The fraction of sp³-hybridized carbons (Fsp3) is 0.500. The highest BCUT2D eigenvalue weighted by Crippen LogP contribution is 2.36. The monoisotopic (exact) mass is 441 g/mol. The van der Waals surface area contributed by atoms with Crippen molar-refractivity contribution < 1.29 is 43.0 Å². The van der Waals surface area contributed by atoms with E-state index in [1.807, 2.05) is 0 Å². The minimum Gasteiger partial charge on any atom is -0.534 e. The van der Waals surface area contributed by atoms with Crippen LogP contribution in [0.5, 0.6) is 11.5 Å². The molecule has 0 radical (unpaired) electrons. The van der Waals surface area contributed by atoms with Crippen LogP contribution < -0.4 is 14.7 Å². The van der Waals surface area contributed by atoms with Crippen LogP contribution in [0, 0.1) is 0 Å². The SMILES string of the molecule is COc1ccc2c(c1C(=O)OCOC(=O)OC(C)C)OB(O)C(NC(=O)CSC)C2. The standard InChI is InChI=1S/C18H24BNO9S/c1-10(2)28-18(23)27-9-26-17(22)15-12(25-3)6-5-11-7-13(19(24)29-16(11)15)20-14(21)8-30-4/h5-6,10,13,24H,7-9H2,1-4H3,(H,20,21). The molecule has 1 amide bonds. The van der Waals surface area contributed by atoms with Gasteiger partial charge in [0.25, 0.3) is 0 Å². The van der Waals surface area contributed by atoms with E-state index in [1.54, 1.807) is 32.2 Å². The fourth-order valence-corrected chi connectivity index (χ4v) is 3.08. The molecule has 0 saturated heterocycles. The molecule has 12 heteroatoms. The minimum atomic E-state index is -1.38. The summed E-state index contributed by atoms with van der Waals surface area (Å²) in [5.41, 5.74) is 0.506. The summed E-state index contributed by atoms with van der Waals surface area (Å²) in [4.78, 5) is 35.8. The number of esters is 1. The van der Waals surface area contributed by atoms with Crippen molar-refractivity contribution in [3.05, 3.63) is 23.3 Å². The number of carbonyl (C=O) groups excluding carboxylic acids is 3. The number of hydrogen-bond donors (Lipinski definition) is 2. The summed E-state index contributed by atoms with van der Waals surface area (Å²) in [6, 6.07) is 3.21. The highest BCUT2D eigenvalue weighted by molar-refractivity contribution is 7.99. The zero-order valence-electron chi connectivity index (χ0n) is 17.1. The van der Waals surface area contributed by atoms with Gasteiger partial charge in [-0.05, 0) is 38.2 Å². The van der Waals surface area contributed by atoms with Gasteiger partial charge in [0.15, 0.2) is 0 Å². The molecule has 1 aromatic rings.